The summed E-state index contributed by atoms with van der Waals surface area (Å²) in [6.07, 6.45) is 0. The smallest absolute Gasteiger partial charge is 0.132 e. The average Bonchev–Trinajstić information content (AvgIpc) is 3.66. The van der Waals surface area contributed by atoms with Crippen LogP contribution in [0.25, 0.3) is 44.5 Å². The Hall–Kier alpha value is -7.42. The van der Waals surface area contributed by atoms with Gasteiger partial charge in [0.2, 0.25) is 0 Å². The molecule has 63 heavy (non-hydrogen) atoms. The Balaban J connectivity index is 1.13. The molecule has 9 aromatic rings. The summed E-state index contributed by atoms with van der Waals surface area (Å²) in [5, 5.41) is 0. The minimum absolute atomic E-state index is 0.157. The van der Waals surface area contributed by atoms with Crippen LogP contribution in [0.5, 0.6) is 11.5 Å². The van der Waals surface area contributed by atoms with Gasteiger partial charge in [-0.1, -0.05) is 185 Å². The molecule has 1 aliphatic heterocycles. The third-order valence-electron chi connectivity index (χ3n) is 15.0. The van der Waals surface area contributed by atoms with E-state index in [-0.39, 0.29) is 10.8 Å². The van der Waals surface area contributed by atoms with Crippen LogP contribution in [-0.4, -0.2) is 0 Å². The Kier molecular flexibility index (Phi) is 7.37. The fraction of sp³-hybridized carbons (Fsp3) is 0.115. The molecular formula is C61H45NO. The minimum atomic E-state index is -0.715. The molecule has 3 aliphatic carbocycles. The highest BCUT2D eigenvalue weighted by Crippen LogP contribution is 2.62. The molecule has 2 heteroatoms. The molecule has 2 nitrogen and oxygen atoms in total. The van der Waals surface area contributed by atoms with Gasteiger partial charge in [-0.25, -0.2) is 0 Å². The van der Waals surface area contributed by atoms with Crippen LogP contribution in [0.2, 0.25) is 0 Å². The molecule has 0 saturated carbocycles. The van der Waals surface area contributed by atoms with E-state index in [4.69, 9.17) is 4.74 Å². The second-order valence-electron chi connectivity index (χ2n) is 18.8. The zero-order valence-electron chi connectivity index (χ0n) is 35.9. The first-order valence-corrected chi connectivity index (χ1v) is 22.3. The molecule has 1 heterocycles. The predicted octanol–water partition coefficient (Wildman–Crippen LogP) is 15.9. The number of rotatable bonds is 3. The molecule has 0 fully saturated rings. The molecule has 4 aliphatic rings. The molecule has 13 rings (SSSR count). The summed E-state index contributed by atoms with van der Waals surface area (Å²) in [4.78, 5) is 2.54. The van der Waals surface area contributed by atoms with Gasteiger partial charge in [-0.15, -0.1) is 0 Å². The van der Waals surface area contributed by atoms with Gasteiger partial charge in [0.25, 0.3) is 0 Å². The largest absolute Gasteiger partial charge is 0.457 e. The van der Waals surface area contributed by atoms with E-state index in [1.807, 2.05) is 0 Å². The van der Waals surface area contributed by atoms with Crippen LogP contribution < -0.4 is 9.64 Å². The van der Waals surface area contributed by atoms with Crippen LogP contribution in [0.4, 0.5) is 17.1 Å². The van der Waals surface area contributed by atoms with Crippen LogP contribution in [0, 0.1) is 0 Å². The molecule has 300 valence electrons. The Morgan fingerprint density at radius 1 is 0.317 bits per heavy atom. The van der Waals surface area contributed by atoms with E-state index in [1.165, 1.54) is 83.6 Å². The first kappa shape index (κ1) is 36.3. The maximum Gasteiger partial charge on any atom is 0.132 e. The lowest BCUT2D eigenvalue weighted by Crippen LogP contribution is -2.35. The Morgan fingerprint density at radius 2 is 0.746 bits per heavy atom. The Bertz CT molecular complexity index is 3340. The normalized spacial score (nSPS) is 15.5. The van der Waals surface area contributed by atoms with Gasteiger partial charge in [0.15, 0.2) is 0 Å². The molecule has 0 amide bonds. The zero-order valence-corrected chi connectivity index (χ0v) is 35.9. The van der Waals surface area contributed by atoms with Gasteiger partial charge in [-0.05, 0) is 115 Å². The topological polar surface area (TPSA) is 12.5 Å². The summed E-state index contributed by atoms with van der Waals surface area (Å²) < 4.78 is 7.05. The van der Waals surface area contributed by atoms with Crippen molar-refractivity contribution in [2.45, 2.75) is 43.9 Å². The number of hydrogen-bond donors (Lipinski definition) is 0. The number of ether oxygens (including phenoxy) is 1. The maximum atomic E-state index is 7.05. The first-order valence-electron chi connectivity index (χ1n) is 22.3. The Morgan fingerprint density at radius 3 is 1.40 bits per heavy atom. The van der Waals surface area contributed by atoms with Crippen molar-refractivity contribution < 1.29 is 4.74 Å². The molecule has 0 atom stereocenters. The van der Waals surface area contributed by atoms with Crippen molar-refractivity contribution in [1.82, 2.24) is 0 Å². The molecule has 0 unspecified atom stereocenters. The molecule has 0 N–H and O–H groups in total. The third-order valence-corrected chi connectivity index (χ3v) is 15.0. The fourth-order valence-corrected chi connectivity index (χ4v) is 12.1. The van der Waals surface area contributed by atoms with Crippen molar-refractivity contribution in [3.05, 3.63) is 245 Å². The van der Waals surface area contributed by atoms with Gasteiger partial charge in [0.1, 0.15) is 11.5 Å². The van der Waals surface area contributed by atoms with Gasteiger partial charge in [0, 0.05) is 38.9 Å². The third kappa shape index (κ3) is 4.73. The van der Waals surface area contributed by atoms with E-state index in [2.05, 4.69) is 233 Å². The van der Waals surface area contributed by atoms with Crippen LogP contribution in [0.3, 0.4) is 0 Å². The number of anilines is 3. The maximum absolute atomic E-state index is 7.05. The zero-order chi connectivity index (χ0) is 42.2. The van der Waals surface area contributed by atoms with Crippen molar-refractivity contribution in [2.24, 2.45) is 0 Å². The van der Waals surface area contributed by atoms with E-state index in [0.29, 0.717) is 0 Å². The van der Waals surface area contributed by atoms with E-state index in [1.54, 1.807) is 0 Å². The van der Waals surface area contributed by atoms with Gasteiger partial charge in [-0.2, -0.15) is 0 Å². The average molecular weight is 808 g/mol. The van der Waals surface area contributed by atoms with Gasteiger partial charge in [-0.3, -0.25) is 0 Å². The lowest BCUT2D eigenvalue weighted by atomic mass is 9.62. The van der Waals surface area contributed by atoms with Crippen LogP contribution in [-0.2, 0) is 16.2 Å². The van der Waals surface area contributed by atoms with Crippen molar-refractivity contribution in [2.75, 3.05) is 4.90 Å². The molecule has 9 aromatic carbocycles. The highest BCUT2D eigenvalue weighted by molar-refractivity contribution is 5.98. The Labute approximate surface area is 369 Å². The van der Waals surface area contributed by atoms with Crippen molar-refractivity contribution in [3.63, 3.8) is 0 Å². The summed E-state index contributed by atoms with van der Waals surface area (Å²) in [5.74, 6) is 1.74. The summed E-state index contributed by atoms with van der Waals surface area (Å²) in [6.45, 7) is 9.50. The summed E-state index contributed by atoms with van der Waals surface area (Å²) in [5.41, 5.74) is 22.7. The van der Waals surface area contributed by atoms with Crippen LogP contribution in [0.1, 0.15) is 72.2 Å². The van der Waals surface area contributed by atoms with Crippen LogP contribution >= 0.6 is 0 Å². The molecular weight excluding hydrogens is 763 g/mol. The SMILES string of the molecule is CC1(C)c2ccccc2-c2ccc(N(c3ccc4c(c3)C3(c5ccccc5O4)c4ccccc4-c4ccccc4-c4ccccc43)c3cccc4c3-c3ccccc3C4(C)C)cc21. The lowest BCUT2D eigenvalue weighted by molar-refractivity contribution is 0.435. The highest BCUT2D eigenvalue weighted by atomic mass is 16.5. The number of para-hydroxylation sites is 1. The van der Waals surface area contributed by atoms with Crippen molar-refractivity contribution in [3.8, 4) is 56.0 Å². The quantitative estimate of drug-likeness (QED) is 0.176. The summed E-state index contributed by atoms with van der Waals surface area (Å²) in [6, 6.07) is 74.7. The standard InChI is InChI=1S/C61H45NO/c1-59(2)48-25-12-10-23-46(48)58-52(59)29-17-30-55(58)62(38-32-34-45-44-22-7-11-24-47(44)60(3,4)53(45)36-38)39-33-35-57-54(37-39)61(51-28-15-16-31-56(51)63-57)49-26-13-8-20-42(49)40-18-5-6-19-41(40)43-21-9-14-27-50(43)61/h5-37H,1-4H3. The fourth-order valence-electron chi connectivity index (χ4n) is 12.1. The number of benzene rings is 9. The predicted molar refractivity (Wildman–Crippen MR) is 259 cm³/mol. The van der Waals surface area contributed by atoms with Gasteiger partial charge >= 0.3 is 0 Å². The van der Waals surface area contributed by atoms with E-state index in [9.17, 15) is 0 Å². The molecule has 0 aromatic heterocycles. The monoisotopic (exact) mass is 807 g/mol. The first-order chi connectivity index (χ1) is 30.8. The number of fused-ring (bicyclic) bond motifs is 17. The van der Waals surface area contributed by atoms with Crippen molar-refractivity contribution in [1.29, 1.82) is 0 Å². The van der Waals surface area contributed by atoms with Gasteiger partial charge < -0.3 is 9.64 Å². The number of nitrogens with zero attached hydrogens (tertiary/aromatic N) is 1. The minimum Gasteiger partial charge on any atom is -0.457 e. The van der Waals surface area contributed by atoms with E-state index >= 15 is 0 Å². The molecule has 1 spiro atoms. The molecule has 0 bridgehead atoms. The van der Waals surface area contributed by atoms with E-state index in [0.717, 1.165) is 34.0 Å². The second kappa shape index (κ2) is 12.8. The van der Waals surface area contributed by atoms with E-state index < -0.39 is 5.41 Å². The van der Waals surface area contributed by atoms with Gasteiger partial charge in [0.05, 0.1) is 11.1 Å². The number of hydrogen-bond acceptors (Lipinski definition) is 2. The van der Waals surface area contributed by atoms with Crippen molar-refractivity contribution >= 4 is 17.1 Å². The lowest BCUT2D eigenvalue weighted by Gasteiger charge is -2.43. The summed E-state index contributed by atoms with van der Waals surface area (Å²) >= 11 is 0. The molecule has 0 saturated heterocycles. The molecule has 0 radical (unpaired) electrons. The summed E-state index contributed by atoms with van der Waals surface area (Å²) in [7, 11) is 0. The second-order valence-corrected chi connectivity index (χ2v) is 18.8. The van der Waals surface area contributed by atoms with Crippen LogP contribution in [0.15, 0.2) is 200 Å². The highest BCUT2D eigenvalue weighted by Gasteiger charge is 2.49.